The SMILES string of the molecule is N#Cc1ccc(CCC(=O)NC[C@H]2CCCN2c2nccs2)cc1. The lowest BCUT2D eigenvalue weighted by molar-refractivity contribution is -0.121. The van der Waals surface area contributed by atoms with Gasteiger partial charge in [0.1, 0.15) is 0 Å². The zero-order valence-electron chi connectivity index (χ0n) is 13.4. The van der Waals surface area contributed by atoms with E-state index in [1.165, 1.54) is 0 Å². The first-order valence-corrected chi connectivity index (χ1v) is 9.06. The summed E-state index contributed by atoms with van der Waals surface area (Å²) in [7, 11) is 0. The molecule has 3 rings (SSSR count). The van der Waals surface area contributed by atoms with Gasteiger partial charge in [-0.15, -0.1) is 11.3 Å². The van der Waals surface area contributed by atoms with Gasteiger partial charge in [0.15, 0.2) is 5.13 Å². The normalized spacial score (nSPS) is 16.8. The molecule has 0 radical (unpaired) electrons. The van der Waals surface area contributed by atoms with Gasteiger partial charge in [-0.1, -0.05) is 12.1 Å². The van der Waals surface area contributed by atoms with Crippen molar-refractivity contribution in [3.63, 3.8) is 0 Å². The van der Waals surface area contributed by atoms with E-state index in [9.17, 15) is 4.79 Å². The second-order valence-corrected chi connectivity index (χ2v) is 6.79. The average Bonchev–Trinajstić information content (AvgIpc) is 3.29. The van der Waals surface area contributed by atoms with Crippen LogP contribution in [0.1, 0.15) is 30.4 Å². The van der Waals surface area contributed by atoms with Crippen LogP contribution in [-0.4, -0.2) is 30.0 Å². The Morgan fingerprint density at radius 1 is 1.42 bits per heavy atom. The fourth-order valence-electron chi connectivity index (χ4n) is 2.98. The molecule has 1 saturated heterocycles. The first-order valence-electron chi connectivity index (χ1n) is 8.18. The van der Waals surface area contributed by atoms with Crippen molar-refractivity contribution in [2.75, 3.05) is 18.0 Å². The molecule has 124 valence electrons. The highest BCUT2D eigenvalue weighted by Gasteiger charge is 2.26. The zero-order chi connectivity index (χ0) is 16.8. The van der Waals surface area contributed by atoms with Gasteiger partial charge in [0.25, 0.3) is 0 Å². The molecule has 1 aliphatic heterocycles. The molecule has 6 heteroatoms. The average molecular weight is 340 g/mol. The second-order valence-electron chi connectivity index (χ2n) is 5.92. The quantitative estimate of drug-likeness (QED) is 0.878. The van der Waals surface area contributed by atoms with Crippen LogP contribution in [-0.2, 0) is 11.2 Å². The van der Waals surface area contributed by atoms with Gasteiger partial charge >= 0.3 is 0 Å². The van der Waals surface area contributed by atoms with E-state index in [1.807, 2.05) is 23.7 Å². The number of carbonyl (C=O) groups excluding carboxylic acids is 1. The first-order chi connectivity index (χ1) is 11.8. The summed E-state index contributed by atoms with van der Waals surface area (Å²) in [6.45, 7) is 1.69. The summed E-state index contributed by atoms with van der Waals surface area (Å²) in [6.07, 6.45) is 5.22. The number of aromatic nitrogens is 1. The number of nitrogens with zero attached hydrogens (tertiary/aromatic N) is 3. The van der Waals surface area contributed by atoms with E-state index in [1.54, 1.807) is 23.5 Å². The van der Waals surface area contributed by atoms with Gasteiger partial charge in [0.05, 0.1) is 11.6 Å². The van der Waals surface area contributed by atoms with Gasteiger partial charge < -0.3 is 10.2 Å². The number of aryl methyl sites for hydroxylation is 1. The molecule has 24 heavy (non-hydrogen) atoms. The van der Waals surface area contributed by atoms with Crippen molar-refractivity contribution in [2.45, 2.75) is 31.7 Å². The predicted molar refractivity (Wildman–Crippen MR) is 95.0 cm³/mol. The smallest absolute Gasteiger partial charge is 0.220 e. The minimum Gasteiger partial charge on any atom is -0.354 e. The third-order valence-corrected chi connectivity index (χ3v) is 5.11. The van der Waals surface area contributed by atoms with Gasteiger partial charge in [-0.25, -0.2) is 4.98 Å². The van der Waals surface area contributed by atoms with Crippen molar-refractivity contribution in [2.24, 2.45) is 0 Å². The molecule has 0 bridgehead atoms. The van der Waals surface area contributed by atoms with E-state index in [0.717, 1.165) is 30.1 Å². The van der Waals surface area contributed by atoms with Crippen LogP contribution in [0.3, 0.4) is 0 Å². The molecule has 0 aliphatic carbocycles. The largest absolute Gasteiger partial charge is 0.354 e. The van der Waals surface area contributed by atoms with Crippen molar-refractivity contribution in [1.29, 1.82) is 5.26 Å². The van der Waals surface area contributed by atoms with Gasteiger partial charge in [-0.05, 0) is 37.0 Å². The van der Waals surface area contributed by atoms with Crippen molar-refractivity contribution in [3.05, 3.63) is 47.0 Å². The fraction of sp³-hybridized carbons (Fsp3) is 0.389. The molecule has 1 aliphatic rings. The van der Waals surface area contributed by atoms with Crippen LogP contribution >= 0.6 is 11.3 Å². The third-order valence-electron chi connectivity index (χ3n) is 4.30. The van der Waals surface area contributed by atoms with Gasteiger partial charge in [-0.3, -0.25) is 4.79 Å². The van der Waals surface area contributed by atoms with Crippen LogP contribution in [0.4, 0.5) is 5.13 Å². The van der Waals surface area contributed by atoms with Crippen LogP contribution in [0.25, 0.3) is 0 Å². The van der Waals surface area contributed by atoms with Crippen LogP contribution < -0.4 is 10.2 Å². The van der Waals surface area contributed by atoms with E-state index < -0.39 is 0 Å². The number of nitriles is 1. The highest BCUT2D eigenvalue weighted by Crippen LogP contribution is 2.26. The molecule has 1 fully saturated rings. The van der Waals surface area contributed by atoms with E-state index >= 15 is 0 Å². The molecular weight excluding hydrogens is 320 g/mol. The minimum absolute atomic E-state index is 0.0744. The Morgan fingerprint density at radius 3 is 2.96 bits per heavy atom. The Bertz CT molecular complexity index is 706. The van der Waals surface area contributed by atoms with Crippen LogP contribution in [0, 0.1) is 11.3 Å². The van der Waals surface area contributed by atoms with Gasteiger partial charge in [0.2, 0.25) is 5.91 Å². The standard InChI is InChI=1S/C18H20N4OS/c19-12-15-5-3-14(4-6-15)7-8-17(23)21-13-16-2-1-10-22(16)18-20-9-11-24-18/h3-6,9,11,16H,1-2,7-8,10,13H2,(H,21,23)/t16-/m1/s1. The highest BCUT2D eigenvalue weighted by molar-refractivity contribution is 7.13. The maximum Gasteiger partial charge on any atom is 0.220 e. The Balaban J connectivity index is 1.44. The number of thiazole rings is 1. The van der Waals surface area contributed by atoms with Crippen molar-refractivity contribution < 1.29 is 4.79 Å². The van der Waals surface area contributed by atoms with Crippen molar-refractivity contribution in [1.82, 2.24) is 10.3 Å². The molecule has 2 aromatic rings. The molecule has 2 heterocycles. The zero-order valence-corrected chi connectivity index (χ0v) is 14.3. The topological polar surface area (TPSA) is 69.0 Å². The molecule has 1 N–H and O–H groups in total. The number of rotatable bonds is 6. The molecule has 0 saturated carbocycles. The molecule has 0 spiro atoms. The summed E-state index contributed by atoms with van der Waals surface area (Å²) in [6, 6.07) is 9.84. The number of anilines is 1. The molecule has 1 aromatic carbocycles. The summed E-state index contributed by atoms with van der Waals surface area (Å²) >= 11 is 1.65. The summed E-state index contributed by atoms with van der Waals surface area (Å²) in [5, 5.41) is 14.9. The summed E-state index contributed by atoms with van der Waals surface area (Å²) in [5.74, 6) is 0.0744. The molecule has 1 atom stereocenters. The highest BCUT2D eigenvalue weighted by atomic mass is 32.1. The lowest BCUT2D eigenvalue weighted by Gasteiger charge is -2.24. The third kappa shape index (κ3) is 4.12. The van der Waals surface area contributed by atoms with E-state index in [-0.39, 0.29) is 5.91 Å². The van der Waals surface area contributed by atoms with Crippen LogP contribution in [0.15, 0.2) is 35.8 Å². The number of hydrogen-bond acceptors (Lipinski definition) is 5. The number of benzene rings is 1. The van der Waals surface area contributed by atoms with E-state index in [4.69, 9.17) is 5.26 Å². The fourth-order valence-corrected chi connectivity index (χ4v) is 3.72. The minimum atomic E-state index is 0.0744. The summed E-state index contributed by atoms with van der Waals surface area (Å²) in [4.78, 5) is 18.8. The molecule has 1 aromatic heterocycles. The van der Waals surface area contributed by atoms with Gasteiger partial charge in [0, 0.05) is 37.1 Å². The number of hydrogen-bond donors (Lipinski definition) is 1. The predicted octanol–water partition coefficient (Wildman–Crippen LogP) is 2.73. The maximum atomic E-state index is 12.1. The molecule has 1 amide bonds. The first kappa shape index (κ1) is 16.5. The molecular formula is C18H20N4OS. The Kier molecular flexibility index (Phi) is 5.44. The van der Waals surface area contributed by atoms with Gasteiger partial charge in [-0.2, -0.15) is 5.26 Å². The van der Waals surface area contributed by atoms with Crippen molar-refractivity contribution in [3.8, 4) is 6.07 Å². The second kappa shape index (κ2) is 7.93. The maximum absolute atomic E-state index is 12.1. The lowest BCUT2D eigenvalue weighted by Crippen LogP contribution is -2.40. The molecule has 0 unspecified atom stereocenters. The Hall–Kier alpha value is -2.39. The van der Waals surface area contributed by atoms with Crippen molar-refractivity contribution >= 4 is 22.4 Å². The van der Waals surface area contributed by atoms with Crippen LogP contribution in [0.2, 0.25) is 0 Å². The molecule has 5 nitrogen and oxygen atoms in total. The van der Waals surface area contributed by atoms with E-state index in [2.05, 4.69) is 21.3 Å². The number of amides is 1. The number of nitrogens with one attached hydrogen (secondary N) is 1. The van der Waals surface area contributed by atoms with Crippen LogP contribution in [0.5, 0.6) is 0 Å². The number of carbonyl (C=O) groups is 1. The summed E-state index contributed by atoms with van der Waals surface area (Å²) in [5.41, 5.74) is 1.72. The Morgan fingerprint density at radius 2 is 2.25 bits per heavy atom. The Labute approximate surface area is 145 Å². The monoisotopic (exact) mass is 340 g/mol. The summed E-state index contributed by atoms with van der Waals surface area (Å²) < 4.78 is 0. The van der Waals surface area contributed by atoms with E-state index in [0.29, 0.717) is 31.0 Å². The lowest BCUT2D eigenvalue weighted by atomic mass is 10.1.